The van der Waals surface area contributed by atoms with Gasteiger partial charge < -0.3 is 13.6 Å². The molecule has 3 aromatic rings. The van der Waals surface area contributed by atoms with Crippen molar-refractivity contribution < 1.29 is 13.6 Å². The highest BCUT2D eigenvalue weighted by atomic mass is 16.5. The van der Waals surface area contributed by atoms with E-state index in [1.807, 2.05) is 0 Å². The Hall–Kier alpha value is -2.44. The minimum Gasteiger partial charge on any atom is -0.364 e. The summed E-state index contributed by atoms with van der Waals surface area (Å²) >= 11 is 0. The Morgan fingerprint density at radius 1 is 1.13 bits per heavy atom. The van der Waals surface area contributed by atoms with Gasteiger partial charge in [-0.3, -0.25) is 0 Å². The van der Waals surface area contributed by atoms with E-state index < -0.39 is 0 Å². The molecule has 0 amide bonds. The molecule has 0 saturated heterocycles. The maximum atomic E-state index is 4.96. The van der Waals surface area contributed by atoms with Gasteiger partial charge in [0.05, 0.1) is 6.20 Å². The first-order chi connectivity index (χ1) is 7.45. The molecule has 0 unspecified atom stereocenters. The van der Waals surface area contributed by atoms with Crippen LogP contribution in [0.2, 0.25) is 0 Å². The fourth-order valence-electron chi connectivity index (χ4n) is 1.19. The van der Waals surface area contributed by atoms with Gasteiger partial charge in [0.2, 0.25) is 5.76 Å². The summed E-state index contributed by atoms with van der Waals surface area (Å²) in [6.45, 7) is 0. The molecule has 3 heterocycles. The highest BCUT2D eigenvalue weighted by Gasteiger charge is 2.19. The van der Waals surface area contributed by atoms with Crippen molar-refractivity contribution in [3.05, 3.63) is 24.6 Å². The molecule has 3 rings (SSSR count). The van der Waals surface area contributed by atoms with Crippen LogP contribution in [0.3, 0.4) is 0 Å². The van der Waals surface area contributed by atoms with Crippen molar-refractivity contribution >= 4 is 0 Å². The molecule has 0 aliphatic rings. The van der Waals surface area contributed by atoms with E-state index in [2.05, 4.69) is 20.7 Å². The molecule has 0 spiro atoms. The molecular weight excluding hydrogens is 200 g/mol. The smallest absolute Gasteiger partial charge is 0.220 e. The highest BCUT2D eigenvalue weighted by molar-refractivity contribution is 5.70. The van der Waals surface area contributed by atoms with E-state index in [0.29, 0.717) is 22.9 Å². The van der Waals surface area contributed by atoms with E-state index in [9.17, 15) is 0 Å². The summed E-state index contributed by atoms with van der Waals surface area (Å²) in [5.41, 5.74) is 0.952. The molecule has 3 aromatic heterocycles. The van der Waals surface area contributed by atoms with Crippen LogP contribution in [0.5, 0.6) is 0 Å². The minimum absolute atomic E-state index is 0.389. The zero-order chi connectivity index (χ0) is 10.1. The van der Waals surface area contributed by atoms with E-state index in [-0.39, 0.29) is 0 Å². The van der Waals surface area contributed by atoms with Crippen molar-refractivity contribution in [3.63, 3.8) is 0 Å². The van der Waals surface area contributed by atoms with Gasteiger partial charge in [0.1, 0.15) is 6.26 Å². The molecule has 0 bridgehead atoms. The monoisotopic (exact) mass is 204 g/mol. The second-order valence-electron chi connectivity index (χ2n) is 2.71. The Morgan fingerprint density at radius 2 is 2.13 bits per heavy atom. The first-order valence-electron chi connectivity index (χ1n) is 4.09. The largest absolute Gasteiger partial charge is 0.364 e. The van der Waals surface area contributed by atoms with Crippen molar-refractivity contribution in [1.29, 1.82) is 0 Å². The standard InChI is InChI=1S/C8H4N4O3/c1-3-9-14-6(1)7-8(15-12-10-7)5-2-4-13-11-5/h1-4H. The Morgan fingerprint density at radius 3 is 2.87 bits per heavy atom. The van der Waals surface area contributed by atoms with E-state index >= 15 is 0 Å². The van der Waals surface area contributed by atoms with Crippen LogP contribution < -0.4 is 0 Å². The average molecular weight is 204 g/mol. The Balaban J connectivity index is 2.15. The zero-order valence-corrected chi connectivity index (χ0v) is 7.32. The van der Waals surface area contributed by atoms with Crippen molar-refractivity contribution in [2.45, 2.75) is 0 Å². The maximum absolute atomic E-state index is 4.96. The summed E-state index contributed by atoms with van der Waals surface area (Å²) in [5, 5.41) is 14.5. The fraction of sp³-hybridized carbons (Fsp3) is 0. The van der Waals surface area contributed by atoms with Gasteiger partial charge in [-0.25, -0.2) is 0 Å². The van der Waals surface area contributed by atoms with E-state index in [4.69, 9.17) is 13.6 Å². The molecule has 7 nitrogen and oxygen atoms in total. The van der Waals surface area contributed by atoms with Crippen LogP contribution in [0.1, 0.15) is 0 Å². The molecule has 74 valence electrons. The van der Waals surface area contributed by atoms with Crippen LogP contribution in [0.25, 0.3) is 22.9 Å². The maximum Gasteiger partial charge on any atom is 0.220 e. The van der Waals surface area contributed by atoms with Gasteiger partial charge in [0, 0.05) is 17.4 Å². The van der Waals surface area contributed by atoms with Crippen LogP contribution in [-0.2, 0) is 0 Å². The van der Waals surface area contributed by atoms with E-state index in [1.54, 1.807) is 12.1 Å². The molecular formula is C8H4N4O3. The molecule has 0 saturated carbocycles. The van der Waals surface area contributed by atoms with E-state index in [0.717, 1.165) is 0 Å². The van der Waals surface area contributed by atoms with Crippen molar-refractivity contribution in [2.75, 3.05) is 0 Å². The lowest BCUT2D eigenvalue weighted by Crippen LogP contribution is -1.79. The van der Waals surface area contributed by atoms with Gasteiger partial charge in [0.25, 0.3) is 0 Å². The fourth-order valence-corrected chi connectivity index (χ4v) is 1.19. The van der Waals surface area contributed by atoms with Gasteiger partial charge in [-0.1, -0.05) is 10.3 Å². The Bertz CT molecular complexity index is 491. The Kier molecular flexibility index (Phi) is 1.61. The molecule has 0 fully saturated rings. The van der Waals surface area contributed by atoms with Crippen LogP contribution in [0.15, 0.2) is 38.2 Å². The van der Waals surface area contributed by atoms with Crippen molar-refractivity contribution in [1.82, 2.24) is 20.7 Å². The number of hydrogen-bond acceptors (Lipinski definition) is 7. The van der Waals surface area contributed by atoms with Gasteiger partial charge in [-0.15, -0.1) is 5.10 Å². The molecule has 0 N–H and O–H groups in total. The number of hydrogen-bond donors (Lipinski definition) is 0. The summed E-state index contributed by atoms with van der Waals surface area (Å²) in [4.78, 5) is 0. The lowest BCUT2D eigenvalue weighted by atomic mass is 10.2. The third-order valence-corrected chi connectivity index (χ3v) is 1.83. The van der Waals surface area contributed by atoms with Crippen LogP contribution >= 0.6 is 0 Å². The summed E-state index contributed by atoms with van der Waals surface area (Å²) in [6, 6.07) is 3.30. The van der Waals surface area contributed by atoms with Crippen LogP contribution in [-0.4, -0.2) is 20.7 Å². The lowest BCUT2D eigenvalue weighted by Gasteiger charge is -1.88. The van der Waals surface area contributed by atoms with Gasteiger partial charge >= 0.3 is 0 Å². The van der Waals surface area contributed by atoms with E-state index in [1.165, 1.54) is 12.5 Å². The van der Waals surface area contributed by atoms with Gasteiger partial charge in [-0.05, 0) is 0 Å². The van der Waals surface area contributed by atoms with Crippen LogP contribution in [0, 0.1) is 0 Å². The number of rotatable bonds is 2. The van der Waals surface area contributed by atoms with Crippen molar-refractivity contribution in [2.24, 2.45) is 0 Å². The molecule has 0 aliphatic heterocycles. The molecule has 15 heavy (non-hydrogen) atoms. The number of aromatic nitrogens is 4. The first-order valence-corrected chi connectivity index (χ1v) is 4.09. The number of nitrogens with zero attached hydrogens (tertiary/aromatic N) is 4. The predicted octanol–water partition coefficient (Wildman–Crippen LogP) is 1.38. The lowest BCUT2D eigenvalue weighted by molar-refractivity contribution is 0.391. The quantitative estimate of drug-likeness (QED) is 0.622. The summed E-state index contributed by atoms with van der Waals surface area (Å²) in [7, 11) is 0. The third-order valence-electron chi connectivity index (χ3n) is 1.83. The second kappa shape index (κ2) is 3.05. The first kappa shape index (κ1) is 7.92. The SMILES string of the molecule is c1cc(-c2nnoc2-c2ccon2)on1. The average Bonchev–Trinajstić information content (AvgIpc) is 3.01. The molecule has 7 heteroatoms. The van der Waals surface area contributed by atoms with Gasteiger partial charge in [0.15, 0.2) is 17.1 Å². The zero-order valence-electron chi connectivity index (χ0n) is 7.32. The molecule has 0 radical (unpaired) electrons. The summed E-state index contributed by atoms with van der Waals surface area (Å²) in [5.74, 6) is 0.856. The van der Waals surface area contributed by atoms with Crippen molar-refractivity contribution in [3.8, 4) is 22.9 Å². The predicted molar refractivity (Wildman–Crippen MR) is 45.3 cm³/mol. The van der Waals surface area contributed by atoms with Gasteiger partial charge in [-0.2, -0.15) is 0 Å². The van der Waals surface area contributed by atoms with Crippen LogP contribution in [0.4, 0.5) is 0 Å². The Labute approximate surface area is 82.6 Å². The summed E-state index contributed by atoms with van der Waals surface area (Å²) in [6.07, 6.45) is 2.94. The third kappa shape index (κ3) is 1.21. The highest BCUT2D eigenvalue weighted by Crippen LogP contribution is 2.28. The molecule has 0 aliphatic carbocycles. The normalized spacial score (nSPS) is 10.7. The molecule has 0 atom stereocenters. The second-order valence-corrected chi connectivity index (χ2v) is 2.71. The molecule has 0 aromatic carbocycles. The minimum atomic E-state index is 0.389. The topological polar surface area (TPSA) is 91.0 Å². The summed E-state index contributed by atoms with van der Waals surface area (Å²) < 4.78 is 14.6.